The summed E-state index contributed by atoms with van der Waals surface area (Å²) in [6.45, 7) is 0. The van der Waals surface area contributed by atoms with Crippen LogP contribution >= 0.6 is 0 Å². The van der Waals surface area contributed by atoms with Crippen molar-refractivity contribution < 1.29 is 0 Å². The molecule has 10 rings (SSSR count). The second kappa shape index (κ2) is 13.4. The van der Waals surface area contributed by atoms with Crippen LogP contribution in [0.2, 0.25) is 0 Å². The van der Waals surface area contributed by atoms with E-state index < -0.39 is 0 Å². The number of fused-ring (bicyclic) bond motifs is 4. The Morgan fingerprint density at radius 1 is 0.259 bits per heavy atom. The molecule has 0 saturated heterocycles. The van der Waals surface area contributed by atoms with E-state index in [1.54, 1.807) is 0 Å². The number of hydrogen-bond acceptors (Lipinski definition) is 4. The van der Waals surface area contributed by atoms with Gasteiger partial charge in [0.1, 0.15) is 0 Å². The van der Waals surface area contributed by atoms with Crippen LogP contribution in [0.3, 0.4) is 0 Å². The second-order valence-corrected chi connectivity index (χ2v) is 13.5. The number of rotatable bonds is 6. The molecule has 7 aromatic carbocycles. The summed E-state index contributed by atoms with van der Waals surface area (Å²) in [6, 6.07) is 67.4. The Bertz CT molecular complexity index is 2950. The van der Waals surface area contributed by atoms with E-state index in [1.165, 1.54) is 21.9 Å². The maximum Gasteiger partial charge on any atom is 0.160 e. The van der Waals surface area contributed by atoms with E-state index in [0.717, 1.165) is 72.4 Å². The molecule has 0 N–H and O–H groups in total. The zero-order chi connectivity index (χ0) is 35.8. The third kappa shape index (κ3) is 5.86. The highest BCUT2D eigenvalue weighted by atomic mass is 14.9. The van der Waals surface area contributed by atoms with Gasteiger partial charge in [-0.1, -0.05) is 176 Å². The fourth-order valence-corrected chi connectivity index (χ4v) is 7.26. The summed E-state index contributed by atoms with van der Waals surface area (Å²) in [5.41, 5.74) is 12.9. The molecule has 252 valence electrons. The van der Waals surface area contributed by atoms with Gasteiger partial charge in [0.2, 0.25) is 0 Å². The van der Waals surface area contributed by atoms with Crippen molar-refractivity contribution in [2.75, 3.05) is 0 Å². The van der Waals surface area contributed by atoms with Gasteiger partial charge < -0.3 is 0 Å². The summed E-state index contributed by atoms with van der Waals surface area (Å²) in [6.07, 6.45) is 0. The van der Waals surface area contributed by atoms with E-state index in [1.807, 2.05) is 24.3 Å². The third-order valence-electron chi connectivity index (χ3n) is 10.1. The summed E-state index contributed by atoms with van der Waals surface area (Å²) in [5, 5.41) is 4.51. The Kier molecular flexibility index (Phi) is 7.77. The van der Waals surface area contributed by atoms with Gasteiger partial charge in [0.15, 0.2) is 5.82 Å². The summed E-state index contributed by atoms with van der Waals surface area (Å²) < 4.78 is 0. The van der Waals surface area contributed by atoms with E-state index in [2.05, 4.69) is 170 Å². The minimum atomic E-state index is 0.692. The van der Waals surface area contributed by atoms with Gasteiger partial charge in [0.25, 0.3) is 0 Å². The minimum absolute atomic E-state index is 0.692. The second-order valence-electron chi connectivity index (χ2n) is 13.5. The molecule has 0 bridgehead atoms. The predicted octanol–water partition coefficient (Wildman–Crippen LogP) is 12.7. The molecular formula is C50H32N4. The first kappa shape index (κ1) is 31.4. The molecule has 0 spiro atoms. The van der Waals surface area contributed by atoms with Crippen LogP contribution in [0.5, 0.6) is 0 Å². The normalized spacial score (nSPS) is 11.3. The Morgan fingerprint density at radius 2 is 0.722 bits per heavy atom. The SMILES string of the molecule is c1ccc(-c2ccc(-c3cc(-c4ccc(-c5ccc6ccc7ccc(-c8cccc9ccccc89)nc7c6n5)cc4)nc(-c4ccccc4)n3)cc2)cc1. The number of nitrogens with zero attached hydrogens (tertiary/aromatic N) is 4. The average molecular weight is 689 g/mol. The average Bonchev–Trinajstić information content (AvgIpc) is 3.26. The summed E-state index contributed by atoms with van der Waals surface area (Å²) in [5.74, 6) is 0.692. The molecule has 0 unspecified atom stereocenters. The third-order valence-corrected chi connectivity index (χ3v) is 10.1. The Morgan fingerprint density at radius 3 is 1.37 bits per heavy atom. The van der Waals surface area contributed by atoms with Gasteiger partial charge in [-0.3, -0.25) is 0 Å². The van der Waals surface area contributed by atoms with Gasteiger partial charge in [-0.05, 0) is 40.1 Å². The van der Waals surface area contributed by atoms with E-state index >= 15 is 0 Å². The number of hydrogen-bond donors (Lipinski definition) is 0. The first-order chi connectivity index (χ1) is 26.7. The van der Waals surface area contributed by atoms with Crippen LogP contribution in [0.1, 0.15) is 0 Å². The lowest BCUT2D eigenvalue weighted by Gasteiger charge is -2.11. The van der Waals surface area contributed by atoms with Crippen molar-refractivity contribution in [3.05, 3.63) is 194 Å². The van der Waals surface area contributed by atoms with Crippen molar-refractivity contribution in [3.8, 4) is 67.5 Å². The van der Waals surface area contributed by atoms with Crippen molar-refractivity contribution in [1.29, 1.82) is 0 Å². The number of pyridine rings is 2. The molecule has 10 aromatic rings. The molecule has 0 atom stereocenters. The molecule has 0 aliphatic rings. The Balaban J connectivity index is 1.02. The molecule has 54 heavy (non-hydrogen) atoms. The van der Waals surface area contributed by atoms with Gasteiger partial charge in [0, 0.05) is 38.6 Å². The number of aromatic nitrogens is 4. The highest BCUT2D eigenvalue weighted by molar-refractivity contribution is 6.05. The molecule has 4 heteroatoms. The highest BCUT2D eigenvalue weighted by Crippen LogP contribution is 2.34. The standard InChI is InChI=1S/C50H32N4/c1-3-10-33(11-4-1)34-18-20-37(21-19-34)46-32-47(54-50(53-46)41-13-5-2-6-14-41)38-24-22-36(23-25-38)44-30-28-39-26-27-40-29-31-45(52-49(40)48(39)51-44)43-17-9-15-35-12-7-8-16-42(35)43/h1-32H. The van der Waals surface area contributed by atoms with Gasteiger partial charge in [-0.2, -0.15) is 0 Å². The van der Waals surface area contributed by atoms with Crippen LogP contribution in [0.15, 0.2) is 194 Å². The lowest BCUT2D eigenvalue weighted by Crippen LogP contribution is -1.96. The summed E-state index contributed by atoms with van der Waals surface area (Å²) in [4.78, 5) is 20.5. The van der Waals surface area contributed by atoms with Gasteiger partial charge in [-0.25, -0.2) is 19.9 Å². The van der Waals surface area contributed by atoms with Crippen LogP contribution in [-0.4, -0.2) is 19.9 Å². The molecule has 0 aliphatic carbocycles. The van der Waals surface area contributed by atoms with E-state index in [-0.39, 0.29) is 0 Å². The maximum absolute atomic E-state index is 5.22. The molecule has 0 radical (unpaired) electrons. The summed E-state index contributed by atoms with van der Waals surface area (Å²) in [7, 11) is 0. The topological polar surface area (TPSA) is 51.6 Å². The molecule has 0 aliphatic heterocycles. The van der Waals surface area contributed by atoms with Crippen LogP contribution in [-0.2, 0) is 0 Å². The molecule has 0 saturated carbocycles. The molecule has 0 amide bonds. The van der Waals surface area contributed by atoms with Crippen molar-refractivity contribution >= 4 is 32.6 Å². The molecule has 3 aromatic heterocycles. The quantitative estimate of drug-likeness (QED) is 0.163. The first-order valence-corrected chi connectivity index (χ1v) is 18.1. The van der Waals surface area contributed by atoms with Crippen molar-refractivity contribution in [2.45, 2.75) is 0 Å². The smallest absolute Gasteiger partial charge is 0.160 e. The lowest BCUT2D eigenvalue weighted by atomic mass is 10.0. The van der Waals surface area contributed by atoms with Crippen LogP contribution in [0.4, 0.5) is 0 Å². The fraction of sp³-hybridized carbons (Fsp3) is 0. The molecule has 3 heterocycles. The monoisotopic (exact) mass is 688 g/mol. The lowest BCUT2D eigenvalue weighted by molar-refractivity contribution is 1.18. The van der Waals surface area contributed by atoms with E-state index in [0.29, 0.717) is 5.82 Å². The Hall–Kier alpha value is -7.30. The van der Waals surface area contributed by atoms with Crippen molar-refractivity contribution in [1.82, 2.24) is 19.9 Å². The van der Waals surface area contributed by atoms with Gasteiger partial charge >= 0.3 is 0 Å². The van der Waals surface area contributed by atoms with Crippen LogP contribution < -0.4 is 0 Å². The highest BCUT2D eigenvalue weighted by Gasteiger charge is 2.13. The van der Waals surface area contributed by atoms with Crippen LogP contribution in [0, 0.1) is 0 Å². The minimum Gasteiger partial charge on any atom is -0.245 e. The Labute approximate surface area is 313 Å². The van der Waals surface area contributed by atoms with Crippen molar-refractivity contribution in [2.24, 2.45) is 0 Å². The summed E-state index contributed by atoms with van der Waals surface area (Å²) >= 11 is 0. The zero-order valence-corrected chi connectivity index (χ0v) is 29.3. The maximum atomic E-state index is 5.22. The predicted molar refractivity (Wildman–Crippen MR) is 223 cm³/mol. The largest absolute Gasteiger partial charge is 0.245 e. The van der Waals surface area contributed by atoms with E-state index in [4.69, 9.17) is 19.9 Å². The molecular weight excluding hydrogens is 657 g/mol. The zero-order valence-electron chi connectivity index (χ0n) is 29.3. The first-order valence-electron chi connectivity index (χ1n) is 18.1. The van der Waals surface area contributed by atoms with Gasteiger partial charge in [-0.15, -0.1) is 0 Å². The van der Waals surface area contributed by atoms with Gasteiger partial charge in [0.05, 0.1) is 33.8 Å². The molecule has 0 fully saturated rings. The fourth-order valence-electron chi connectivity index (χ4n) is 7.26. The molecule has 4 nitrogen and oxygen atoms in total. The van der Waals surface area contributed by atoms with Crippen LogP contribution in [0.25, 0.3) is 100 Å². The van der Waals surface area contributed by atoms with E-state index in [9.17, 15) is 0 Å². The van der Waals surface area contributed by atoms with Crippen molar-refractivity contribution in [3.63, 3.8) is 0 Å². The number of benzene rings is 7.